The molecule has 0 amide bonds. The van der Waals surface area contributed by atoms with Crippen molar-refractivity contribution in [3.05, 3.63) is 97.2 Å². The van der Waals surface area contributed by atoms with Crippen LogP contribution in [0.3, 0.4) is 0 Å². The van der Waals surface area contributed by atoms with Crippen molar-refractivity contribution in [2.75, 3.05) is 19.8 Å². The van der Waals surface area contributed by atoms with Crippen LogP contribution in [0.15, 0.2) is 97.2 Å². The van der Waals surface area contributed by atoms with E-state index in [0.717, 1.165) is 103 Å². The summed E-state index contributed by atoms with van der Waals surface area (Å²) < 4.78 is 17.1. The first kappa shape index (κ1) is 48.8. The number of unbranched alkanes of at least 4 members (excludes halogenated alkanes) is 9. The summed E-state index contributed by atoms with van der Waals surface area (Å²) in [6.07, 6.45) is 55.8. The fourth-order valence-electron chi connectivity index (χ4n) is 5.09. The highest BCUT2D eigenvalue weighted by molar-refractivity contribution is 5.70. The molecule has 0 aromatic heterocycles. The van der Waals surface area contributed by atoms with Gasteiger partial charge in [0, 0.05) is 19.4 Å². The standard InChI is InChI=1S/C47H76O5/c1-4-7-10-13-15-17-19-21-23-24-25-26-28-30-32-35-37-40-46(48)51-44-45(52-47(49)41-38-34-12-9-6-3)43-50-42-39-36-33-31-29-27-22-20-18-16-14-11-8-5-2/h7-8,10-11,15-18,21-23,25-27,30,32,45H,4-6,9,12-14,19-20,24,28-29,31,33-44H2,1-3H3/b10-7-,11-8-,17-15-,18-16-,23-21-,26-25-,27-22-,32-30-. The van der Waals surface area contributed by atoms with E-state index >= 15 is 0 Å². The lowest BCUT2D eigenvalue weighted by atomic mass is 10.1. The molecule has 0 fully saturated rings. The van der Waals surface area contributed by atoms with Gasteiger partial charge in [0.15, 0.2) is 6.10 Å². The van der Waals surface area contributed by atoms with E-state index in [1.165, 1.54) is 25.7 Å². The van der Waals surface area contributed by atoms with E-state index in [4.69, 9.17) is 14.2 Å². The number of carbonyl (C=O) groups excluding carboxylic acids is 2. The molecule has 1 atom stereocenters. The van der Waals surface area contributed by atoms with E-state index in [1.807, 2.05) is 0 Å². The SMILES string of the molecule is CC/C=C\C/C=C\C/C=C\C/C=C\C/C=C\CCCC(=O)OCC(COCCCCCC/C=C\C/C=C\C/C=C\CC)OC(=O)CCCCCCC. The van der Waals surface area contributed by atoms with Gasteiger partial charge in [-0.25, -0.2) is 0 Å². The number of ether oxygens (including phenoxy) is 3. The predicted octanol–water partition coefficient (Wildman–Crippen LogP) is 13.5. The summed E-state index contributed by atoms with van der Waals surface area (Å²) in [4.78, 5) is 24.9. The van der Waals surface area contributed by atoms with Crippen LogP contribution < -0.4 is 0 Å². The van der Waals surface area contributed by atoms with E-state index < -0.39 is 6.10 Å². The van der Waals surface area contributed by atoms with Gasteiger partial charge in [0.25, 0.3) is 0 Å². The van der Waals surface area contributed by atoms with Crippen LogP contribution in [-0.2, 0) is 23.8 Å². The van der Waals surface area contributed by atoms with Crippen LogP contribution in [0, 0.1) is 0 Å². The summed E-state index contributed by atoms with van der Waals surface area (Å²) in [5.41, 5.74) is 0. The molecule has 5 nitrogen and oxygen atoms in total. The zero-order valence-corrected chi connectivity index (χ0v) is 33.5. The second-order valence-electron chi connectivity index (χ2n) is 13.1. The van der Waals surface area contributed by atoms with Crippen molar-refractivity contribution in [2.45, 2.75) is 168 Å². The molecular formula is C47H76O5. The van der Waals surface area contributed by atoms with E-state index in [1.54, 1.807) is 0 Å². The van der Waals surface area contributed by atoms with Gasteiger partial charge in [-0.2, -0.15) is 0 Å². The highest BCUT2D eigenvalue weighted by Gasteiger charge is 2.17. The van der Waals surface area contributed by atoms with Gasteiger partial charge in [0.05, 0.1) is 6.61 Å². The molecule has 0 rings (SSSR count). The maximum absolute atomic E-state index is 12.5. The minimum absolute atomic E-state index is 0.0407. The molecule has 0 bridgehead atoms. The summed E-state index contributed by atoms with van der Waals surface area (Å²) in [6.45, 7) is 7.38. The molecule has 0 radical (unpaired) electrons. The monoisotopic (exact) mass is 721 g/mol. The lowest BCUT2D eigenvalue weighted by Gasteiger charge is -2.18. The normalized spacial score (nSPS) is 13.2. The summed E-state index contributed by atoms with van der Waals surface area (Å²) >= 11 is 0. The third-order valence-electron chi connectivity index (χ3n) is 8.12. The van der Waals surface area contributed by atoms with Crippen molar-refractivity contribution in [2.24, 2.45) is 0 Å². The van der Waals surface area contributed by atoms with Gasteiger partial charge >= 0.3 is 11.9 Å². The molecule has 0 heterocycles. The predicted molar refractivity (Wildman–Crippen MR) is 223 cm³/mol. The topological polar surface area (TPSA) is 61.8 Å². The second kappa shape index (κ2) is 42.2. The Kier molecular flexibility index (Phi) is 39.7. The number of esters is 2. The van der Waals surface area contributed by atoms with Crippen LogP contribution in [0.1, 0.15) is 162 Å². The summed E-state index contributed by atoms with van der Waals surface area (Å²) in [5.74, 6) is -0.501. The third-order valence-corrected chi connectivity index (χ3v) is 8.12. The molecular weight excluding hydrogens is 645 g/mol. The lowest BCUT2D eigenvalue weighted by molar-refractivity contribution is -0.163. The van der Waals surface area contributed by atoms with Crippen molar-refractivity contribution in [3.8, 4) is 0 Å². The van der Waals surface area contributed by atoms with Gasteiger partial charge < -0.3 is 14.2 Å². The zero-order chi connectivity index (χ0) is 37.8. The average Bonchev–Trinajstić information content (AvgIpc) is 3.14. The molecule has 0 aliphatic rings. The Morgan fingerprint density at radius 3 is 1.42 bits per heavy atom. The zero-order valence-electron chi connectivity index (χ0n) is 33.5. The summed E-state index contributed by atoms with van der Waals surface area (Å²) in [7, 11) is 0. The molecule has 52 heavy (non-hydrogen) atoms. The highest BCUT2D eigenvalue weighted by Crippen LogP contribution is 2.10. The second-order valence-corrected chi connectivity index (χ2v) is 13.1. The van der Waals surface area contributed by atoms with Crippen molar-refractivity contribution in [1.82, 2.24) is 0 Å². The third kappa shape index (κ3) is 39.6. The van der Waals surface area contributed by atoms with Crippen LogP contribution in [0.5, 0.6) is 0 Å². The van der Waals surface area contributed by atoms with Gasteiger partial charge in [0.1, 0.15) is 6.61 Å². The maximum atomic E-state index is 12.5. The first-order valence-electron chi connectivity index (χ1n) is 20.8. The molecule has 0 saturated carbocycles. The largest absolute Gasteiger partial charge is 0.462 e. The average molecular weight is 721 g/mol. The van der Waals surface area contributed by atoms with E-state index in [2.05, 4.69) is 118 Å². The maximum Gasteiger partial charge on any atom is 0.306 e. The van der Waals surface area contributed by atoms with E-state index in [-0.39, 0.29) is 25.2 Å². The van der Waals surface area contributed by atoms with E-state index in [9.17, 15) is 9.59 Å². The number of hydrogen-bond acceptors (Lipinski definition) is 5. The molecule has 5 heteroatoms. The number of hydrogen-bond donors (Lipinski definition) is 0. The molecule has 0 aromatic rings. The Balaban J connectivity index is 4.25. The van der Waals surface area contributed by atoms with Gasteiger partial charge in [-0.05, 0) is 89.9 Å². The molecule has 0 spiro atoms. The Bertz CT molecular complexity index is 1040. The van der Waals surface area contributed by atoms with Crippen molar-refractivity contribution < 1.29 is 23.8 Å². The minimum Gasteiger partial charge on any atom is -0.462 e. The van der Waals surface area contributed by atoms with Gasteiger partial charge in [-0.3, -0.25) is 9.59 Å². The number of rotatable bonds is 36. The van der Waals surface area contributed by atoms with Crippen molar-refractivity contribution in [1.29, 1.82) is 0 Å². The highest BCUT2D eigenvalue weighted by atomic mass is 16.6. The van der Waals surface area contributed by atoms with Gasteiger partial charge in [-0.15, -0.1) is 0 Å². The van der Waals surface area contributed by atoms with Crippen LogP contribution in [-0.4, -0.2) is 37.9 Å². The Morgan fingerprint density at radius 2 is 0.885 bits per heavy atom. The Hall–Kier alpha value is -3.18. The van der Waals surface area contributed by atoms with Crippen molar-refractivity contribution in [3.63, 3.8) is 0 Å². The molecule has 0 saturated heterocycles. The molecule has 0 aliphatic carbocycles. The van der Waals surface area contributed by atoms with E-state index in [0.29, 0.717) is 19.4 Å². The van der Waals surface area contributed by atoms with Crippen LogP contribution in [0.25, 0.3) is 0 Å². The van der Waals surface area contributed by atoms with Crippen LogP contribution >= 0.6 is 0 Å². The minimum atomic E-state index is -0.570. The summed E-state index contributed by atoms with van der Waals surface area (Å²) in [6, 6.07) is 0. The molecule has 294 valence electrons. The fourth-order valence-corrected chi connectivity index (χ4v) is 5.09. The lowest BCUT2D eigenvalue weighted by Crippen LogP contribution is -2.30. The molecule has 0 aliphatic heterocycles. The summed E-state index contributed by atoms with van der Waals surface area (Å²) in [5, 5.41) is 0. The van der Waals surface area contributed by atoms with Gasteiger partial charge in [-0.1, -0.05) is 157 Å². The first-order valence-corrected chi connectivity index (χ1v) is 20.8. The first-order chi connectivity index (χ1) is 25.6. The molecule has 0 aromatic carbocycles. The Morgan fingerprint density at radius 1 is 0.442 bits per heavy atom. The number of allylic oxidation sites excluding steroid dienone is 16. The van der Waals surface area contributed by atoms with Gasteiger partial charge in [0.2, 0.25) is 0 Å². The van der Waals surface area contributed by atoms with Crippen LogP contribution in [0.4, 0.5) is 0 Å². The fraction of sp³-hybridized carbons (Fsp3) is 0.617. The smallest absolute Gasteiger partial charge is 0.306 e. The number of carbonyl (C=O) groups is 2. The van der Waals surface area contributed by atoms with Crippen LogP contribution in [0.2, 0.25) is 0 Å². The molecule has 0 N–H and O–H groups in total. The van der Waals surface area contributed by atoms with Crippen molar-refractivity contribution >= 4 is 11.9 Å². The quantitative estimate of drug-likeness (QED) is 0.0366. The molecule has 1 unspecified atom stereocenters. The Labute approximate surface area is 320 Å².